The second-order valence-electron chi connectivity index (χ2n) is 6.71. The highest BCUT2D eigenvalue weighted by molar-refractivity contribution is 5.94. The molecule has 2 aromatic rings. The van der Waals surface area contributed by atoms with E-state index in [2.05, 4.69) is 21.0 Å². The molecule has 1 N–H and O–H groups in total. The molecule has 4 nitrogen and oxygen atoms in total. The zero-order valence-corrected chi connectivity index (χ0v) is 14.5. The molecule has 0 aliphatic carbocycles. The maximum Gasteiger partial charge on any atom is 0.293 e. The number of anilines is 1. The van der Waals surface area contributed by atoms with Crippen LogP contribution in [0.25, 0.3) is 10.8 Å². The number of hydrogen-bond donors (Lipinski definition) is 1. The number of carbonyl (C=O) groups is 1. The lowest BCUT2D eigenvalue weighted by Crippen LogP contribution is -2.43. The van der Waals surface area contributed by atoms with Gasteiger partial charge in [0.05, 0.1) is 0 Å². The number of rotatable bonds is 2. The lowest BCUT2D eigenvalue weighted by Gasteiger charge is -2.30. The van der Waals surface area contributed by atoms with Crippen LogP contribution in [0.4, 0.5) is 10.1 Å². The van der Waals surface area contributed by atoms with E-state index in [9.17, 15) is 9.18 Å². The quantitative estimate of drug-likeness (QED) is 0.857. The van der Waals surface area contributed by atoms with Crippen LogP contribution in [-0.4, -0.2) is 38.3 Å². The second-order valence-corrected chi connectivity index (χ2v) is 6.71. The van der Waals surface area contributed by atoms with Crippen LogP contribution in [0, 0.1) is 5.82 Å². The highest BCUT2D eigenvalue weighted by Gasteiger charge is 2.12. The molecule has 3 rings (SSSR count). The zero-order chi connectivity index (χ0) is 17.6. The Hall–Kier alpha value is -2.14. The first kappa shape index (κ1) is 18.2. The normalized spacial score (nSPS) is 14.8. The molecule has 1 heterocycles. The van der Waals surface area contributed by atoms with Crippen LogP contribution in [0.2, 0.25) is 0 Å². The SMILES string of the molecule is CC(C)(C)OC=O.Fc1ccc2c(N3CCNCC3)cccc2c1. The standard InChI is InChI=1S/C14H15FN2.C5H10O2/c15-12-4-5-13-11(10-12)2-1-3-14(13)17-8-6-16-7-9-17;1-5(2,3)7-4-6/h1-5,10,16H,6-9H2;4H,1-3H3. The third-order valence-electron chi connectivity index (χ3n) is 3.68. The predicted octanol–water partition coefficient (Wildman–Crippen LogP) is 3.35. The Morgan fingerprint density at radius 3 is 2.46 bits per heavy atom. The molecular weight excluding hydrogens is 307 g/mol. The van der Waals surface area contributed by atoms with Crippen LogP contribution >= 0.6 is 0 Å². The molecule has 2 aromatic carbocycles. The molecule has 130 valence electrons. The Morgan fingerprint density at radius 1 is 1.17 bits per heavy atom. The van der Waals surface area contributed by atoms with Gasteiger partial charge in [0.25, 0.3) is 6.47 Å². The Morgan fingerprint density at radius 2 is 1.88 bits per heavy atom. The smallest absolute Gasteiger partial charge is 0.293 e. The van der Waals surface area contributed by atoms with Gasteiger partial charge in [0, 0.05) is 37.3 Å². The molecule has 0 amide bonds. The van der Waals surface area contributed by atoms with E-state index in [1.165, 1.54) is 11.8 Å². The molecule has 0 spiro atoms. The number of fused-ring (bicyclic) bond motifs is 1. The van der Waals surface area contributed by atoms with Crippen molar-refractivity contribution in [2.75, 3.05) is 31.1 Å². The fourth-order valence-corrected chi connectivity index (χ4v) is 2.56. The monoisotopic (exact) mass is 332 g/mol. The van der Waals surface area contributed by atoms with Gasteiger partial charge in [-0.1, -0.05) is 12.1 Å². The van der Waals surface area contributed by atoms with Crippen LogP contribution in [0.1, 0.15) is 20.8 Å². The summed E-state index contributed by atoms with van der Waals surface area (Å²) in [5.74, 6) is -0.171. The third-order valence-corrected chi connectivity index (χ3v) is 3.68. The van der Waals surface area contributed by atoms with Gasteiger partial charge >= 0.3 is 0 Å². The number of carbonyl (C=O) groups excluding carboxylic acids is 1. The fourth-order valence-electron chi connectivity index (χ4n) is 2.56. The molecule has 0 bridgehead atoms. The zero-order valence-electron chi connectivity index (χ0n) is 14.5. The van der Waals surface area contributed by atoms with Crippen molar-refractivity contribution < 1.29 is 13.9 Å². The van der Waals surface area contributed by atoms with Crippen molar-refractivity contribution in [3.63, 3.8) is 0 Å². The summed E-state index contributed by atoms with van der Waals surface area (Å²) in [6, 6.07) is 11.1. The van der Waals surface area contributed by atoms with Gasteiger partial charge in [-0.25, -0.2) is 4.39 Å². The van der Waals surface area contributed by atoms with Gasteiger partial charge in [-0.3, -0.25) is 4.79 Å². The third kappa shape index (κ3) is 5.20. The lowest BCUT2D eigenvalue weighted by atomic mass is 10.1. The van der Waals surface area contributed by atoms with E-state index in [0.717, 1.165) is 37.0 Å². The van der Waals surface area contributed by atoms with Crippen LogP contribution in [0.5, 0.6) is 0 Å². The number of nitrogens with one attached hydrogen (secondary N) is 1. The van der Waals surface area contributed by atoms with Crippen molar-refractivity contribution in [2.45, 2.75) is 26.4 Å². The molecule has 1 saturated heterocycles. The minimum Gasteiger partial charge on any atom is -0.462 e. The Labute approximate surface area is 142 Å². The van der Waals surface area contributed by atoms with Gasteiger partial charge in [0.15, 0.2) is 0 Å². The molecule has 0 aromatic heterocycles. The van der Waals surface area contributed by atoms with Crippen molar-refractivity contribution in [1.82, 2.24) is 5.32 Å². The Bertz CT molecular complexity index is 677. The second kappa shape index (κ2) is 8.11. The van der Waals surface area contributed by atoms with E-state index >= 15 is 0 Å². The van der Waals surface area contributed by atoms with Crippen LogP contribution in [0.15, 0.2) is 36.4 Å². The van der Waals surface area contributed by atoms with Crippen LogP contribution < -0.4 is 10.2 Å². The first-order valence-corrected chi connectivity index (χ1v) is 8.16. The van der Waals surface area contributed by atoms with Crippen LogP contribution in [0.3, 0.4) is 0 Å². The highest BCUT2D eigenvalue weighted by Crippen LogP contribution is 2.27. The number of halogens is 1. The number of benzene rings is 2. The fraction of sp³-hybridized carbons (Fsp3) is 0.421. The summed E-state index contributed by atoms with van der Waals surface area (Å²) >= 11 is 0. The van der Waals surface area contributed by atoms with Crippen molar-refractivity contribution in [2.24, 2.45) is 0 Å². The summed E-state index contributed by atoms with van der Waals surface area (Å²) in [6.45, 7) is 9.96. The Kier molecular flexibility index (Phi) is 6.15. The van der Waals surface area contributed by atoms with E-state index in [0.29, 0.717) is 6.47 Å². The van der Waals surface area contributed by atoms with Gasteiger partial charge in [0.2, 0.25) is 0 Å². The molecule has 1 fully saturated rings. The highest BCUT2D eigenvalue weighted by atomic mass is 19.1. The number of ether oxygens (including phenoxy) is 1. The van der Waals surface area contributed by atoms with Crippen LogP contribution in [-0.2, 0) is 9.53 Å². The molecule has 0 radical (unpaired) electrons. The maximum absolute atomic E-state index is 13.2. The minimum atomic E-state index is -0.318. The molecule has 0 unspecified atom stereocenters. The summed E-state index contributed by atoms with van der Waals surface area (Å²) in [7, 11) is 0. The van der Waals surface area contributed by atoms with Gasteiger partial charge in [0.1, 0.15) is 11.4 Å². The van der Waals surface area contributed by atoms with E-state index in [1.807, 2.05) is 39.0 Å². The maximum atomic E-state index is 13.2. The first-order chi connectivity index (χ1) is 11.4. The Balaban J connectivity index is 0.000000256. The summed E-state index contributed by atoms with van der Waals surface area (Å²) in [6.07, 6.45) is 0. The topological polar surface area (TPSA) is 41.6 Å². The molecule has 0 saturated carbocycles. The number of piperazine rings is 1. The molecule has 1 aliphatic rings. The first-order valence-electron chi connectivity index (χ1n) is 8.16. The van der Waals surface area contributed by atoms with Crippen molar-refractivity contribution >= 4 is 22.9 Å². The van der Waals surface area contributed by atoms with Gasteiger partial charge in [-0.2, -0.15) is 0 Å². The predicted molar refractivity (Wildman–Crippen MR) is 95.9 cm³/mol. The van der Waals surface area contributed by atoms with Crippen molar-refractivity contribution in [1.29, 1.82) is 0 Å². The molecule has 24 heavy (non-hydrogen) atoms. The van der Waals surface area contributed by atoms with Crippen molar-refractivity contribution in [3.05, 3.63) is 42.2 Å². The van der Waals surface area contributed by atoms with E-state index in [4.69, 9.17) is 0 Å². The average Bonchev–Trinajstić information content (AvgIpc) is 2.54. The number of nitrogens with zero attached hydrogens (tertiary/aromatic N) is 1. The van der Waals surface area contributed by atoms with Gasteiger partial charge < -0.3 is 15.0 Å². The van der Waals surface area contributed by atoms with E-state index in [-0.39, 0.29) is 11.4 Å². The summed E-state index contributed by atoms with van der Waals surface area (Å²) < 4.78 is 17.7. The number of hydrogen-bond acceptors (Lipinski definition) is 4. The lowest BCUT2D eigenvalue weighted by molar-refractivity contribution is -0.138. The van der Waals surface area contributed by atoms with Crippen molar-refractivity contribution in [3.8, 4) is 0 Å². The molecular formula is C19H25FN2O2. The summed E-state index contributed by atoms with van der Waals surface area (Å²) in [5, 5.41) is 5.45. The largest absolute Gasteiger partial charge is 0.462 e. The molecule has 1 aliphatic heterocycles. The summed E-state index contributed by atoms with van der Waals surface area (Å²) in [5.41, 5.74) is 0.894. The molecule has 0 atom stereocenters. The van der Waals surface area contributed by atoms with E-state index in [1.54, 1.807) is 6.07 Å². The van der Waals surface area contributed by atoms with E-state index < -0.39 is 0 Å². The summed E-state index contributed by atoms with van der Waals surface area (Å²) in [4.78, 5) is 12.0. The minimum absolute atomic E-state index is 0.171. The van der Waals surface area contributed by atoms with Gasteiger partial charge in [-0.15, -0.1) is 0 Å². The molecule has 5 heteroatoms. The van der Waals surface area contributed by atoms with Gasteiger partial charge in [-0.05, 0) is 50.4 Å². The average molecular weight is 332 g/mol.